The Labute approximate surface area is 125 Å². The first-order valence-electron chi connectivity index (χ1n) is 6.72. The Hall–Kier alpha value is -1.95. The van der Waals surface area contributed by atoms with Gasteiger partial charge in [0.05, 0.1) is 20.8 Å². The zero-order valence-electron chi connectivity index (χ0n) is 13.2. The van der Waals surface area contributed by atoms with E-state index in [1.165, 1.54) is 14.2 Å². The molecule has 0 heterocycles. The number of phenolic OH excluding ortho intramolecular Hbond substituents is 1. The van der Waals surface area contributed by atoms with Crippen molar-refractivity contribution < 1.29 is 19.4 Å². The molecule has 21 heavy (non-hydrogen) atoms. The van der Waals surface area contributed by atoms with Crippen molar-refractivity contribution in [2.45, 2.75) is 32.9 Å². The summed E-state index contributed by atoms with van der Waals surface area (Å²) in [4.78, 5) is 11.7. The third-order valence-electron chi connectivity index (χ3n) is 2.67. The average molecular weight is 296 g/mol. The highest BCUT2D eigenvalue weighted by molar-refractivity contribution is 5.78. The molecule has 0 fully saturated rings. The normalized spacial score (nSPS) is 11.1. The maximum absolute atomic E-state index is 11.7. The molecule has 1 rings (SSSR count). The van der Waals surface area contributed by atoms with Gasteiger partial charge in [-0.05, 0) is 38.5 Å². The van der Waals surface area contributed by atoms with Crippen molar-refractivity contribution >= 4 is 5.91 Å². The quantitative estimate of drug-likeness (QED) is 0.740. The van der Waals surface area contributed by atoms with Crippen LogP contribution in [-0.4, -0.2) is 37.3 Å². The van der Waals surface area contributed by atoms with Gasteiger partial charge in [0.2, 0.25) is 11.7 Å². The number of benzene rings is 1. The van der Waals surface area contributed by atoms with Gasteiger partial charge in [0.1, 0.15) is 0 Å². The molecule has 0 unspecified atom stereocenters. The summed E-state index contributed by atoms with van der Waals surface area (Å²) >= 11 is 0. The summed E-state index contributed by atoms with van der Waals surface area (Å²) in [6, 6.07) is 3.40. The van der Waals surface area contributed by atoms with Crippen molar-refractivity contribution in [3.8, 4) is 17.2 Å². The molecule has 0 saturated carbocycles. The fraction of sp³-hybridized carbons (Fsp3) is 0.533. The van der Waals surface area contributed by atoms with Crippen LogP contribution in [0.3, 0.4) is 0 Å². The molecule has 0 aromatic heterocycles. The number of hydrogen-bond acceptors (Lipinski definition) is 5. The first-order valence-corrected chi connectivity index (χ1v) is 6.72. The summed E-state index contributed by atoms with van der Waals surface area (Å²) in [5.74, 6) is 0.574. The molecule has 3 N–H and O–H groups in total. The number of hydrogen-bond donors (Lipinski definition) is 3. The lowest BCUT2D eigenvalue weighted by atomic mass is 10.1. The smallest absolute Gasteiger partial charge is 0.234 e. The minimum atomic E-state index is -0.246. The van der Waals surface area contributed by atoms with Gasteiger partial charge in [-0.3, -0.25) is 4.79 Å². The molecule has 0 radical (unpaired) electrons. The number of rotatable bonds is 6. The van der Waals surface area contributed by atoms with Crippen molar-refractivity contribution in [2.24, 2.45) is 0 Å². The van der Waals surface area contributed by atoms with Gasteiger partial charge in [-0.1, -0.05) is 0 Å². The van der Waals surface area contributed by atoms with Crippen LogP contribution < -0.4 is 20.1 Å². The predicted molar refractivity (Wildman–Crippen MR) is 80.8 cm³/mol. The molecule has 1 aromatic rings. The first kappa shape index (κ1) is 17.1. The lowest BCUT2D eigenvalue weighted by molar-refractivity contribution is -0.121. The van der Waals surface area contributed by atoms with Gasteiger partial charge >= 0.3 is 0 Å². The van der Waals surface area contributed by atoms with Gasteiger partial charge in [0.25, 0.3) is 0 Å². The fourth-order valence-corrected chi connectivity index (χ4v) is 1.83. The second kappa shape index (κ2) is 7.17. The molecule has 0 atom stereocenters. The van der Waals surface area contributed by atoms with Gasteiger partial charge in [-0.2, -0.15) is 0 Å². The second-order valence-electron chi connectivity index (χ2n) is 5.75. The van der Waals surface area contributed by atoms with E-state index >= 15 is 0 Å². The minimum absolute atomic E-state index is 0.0331. The summed E-state index contributed by atoms with van der Waals surface area (Å²) in [6.07, 6.45) is 0. The number of aromatic hydroxyl groups is 1. The molecular weight excluding hydrogens is 272 g/mol. The standard InChI is InChI=1S/C15H24N2O4/c1-15(2,3)17-13(18)9-16-8-10-6-11(20-4)14(19)12(7-10)21-5/h6-7,16,19H,8-9H2,1-5H3,(H,17,18). The predicted octanol–water partition coefficient (Wildman–Crippen LogP) is 1.41. The monoisotopic (exact) mass is 296 g/mol. The van der Waals surface area contributed by atoms with Gasteiger partial charge in [0.15, 0.2) is 11.5 Å². The van der Waals surface area contributed by atoms with Crippen LogP contribution in [0.5, 0.6) is 17.2 Å². The summed E-state index contributed by atoms with van der Waals surface area (Å²) in [5, 5.41) is 15.7. The topological polar surface area (TPSA) is 79.8 Å². The summed E-state index contributed by atoms with van der Waals surface area (Å²) in [6.45, 7) is 6.47. The molecule has 0 spiro atoms. The van der Waals surface area contributed by atoms with Crippen LogP contribution in [0, 0.1) is 0 Å². The Bertz CT molecular complexity index is 470. The number of carbonyl (C=O) groups is 1. The molecule has 0 saturated heterocycles. The molecule has 0 aliphatic carbocycles. The molecule has 0 aliphatic rings. The summed E-state index contributed by atoms with van der Waals surface area (Å²) in [5.41, 5.74) is 0.606. The number of methoxy groups -OCH3 is 2. The van der Waals surface area contributed by atoms with Crippen LogP contribution in [0.15, 0.2) is 12.1 Å². The van der Waals surface area contributed by atoms with Crippen molar-refractivity contribution in [3.05, 3.63) is 17.7 Å². The SMILES string of the molecule is COc1cc(CNCC(=O)NC(C)(C)C)cc(OC)c1O. The van der Waals surface area contributed by atoms with Gasteiger partial charge in [-0.25, -0.2) is 0 Å². The van der Waals surface area contributed by atoms with E-state index in [1.807, 2.05) is 20.8 Å². The third kappa shape index (κ3) is 5.51. The largest absolute Gasteiger partial charge is 0.502 e. The lowest BCUT2D eigenvalue weighted by Gasteiger charge is -2.20. The van der Waals surface area contributed by atoms with E-state index in [0.29, 0.717) is 18.0 Å². The zero-order chi connectivity index (χ0) is 16.0. The summed E-state index contributed by atoms with van der Waals surface area (Å²) < 4.78 is 10.2. The maximum atomic E-state index is 11.7. The van der Waals surface area contributed by atoms with Crippen molar-refractivity contribution in [3.63, 3.8) is 0 Å². The Morgan fingerprint density at radius 3 is 2.14 bits per heavy atom. The van der Waals surface area contributed by atoms with Crippen LogP contribution >= 0.6 is 0 Å². The van der Waals surface area contributed by atoms with Crippen molar-refractivity contribution in [1.29, 1.82) is 0 Å². The van der Waals surface area contributed by atoms with E-state index in [9.17, 15) is 9.90 Å². The highest BCUT2D eigenvalue weighted by atomic mass is 16.5. The average Bonchev–Trinajstić information content (AvgIpc) is 2.38. The molecule has 6 nitrogen and oxygen atoms in total. The van der Waals surface area contributed by atoms with Gasteiger partial charge in [0, 0.05) is 12.1 Å². The first-order chi connectivity index (χ1) is 9.76. The number of ether oxygens (including phenoxy) is 2. The van der Waals surface area contributed by atoms with E-state index in [2.05, 4.69) is 10.6 Å². The Kier molecular flexibility index (Phi) is 5.84. The van der Waals surface area contributed by atoms with Crippen molar-refractivity contribution in [1.82, 2.24) is 10.6 Å². The number of phenols is 1. The molecule has 0 aliphatic heterocycles. The third-order valence-corrected chi connectivity index (χ3v) is 2.67. The molecule has 118 valence electrons. The molecular formula is C15H24N2O4. The van der Waals surface area contributed by atoms with Crippen molar-refractivity contribution in [2.75, 3.05) is 20.8 Å². The zero-order valence-corrected chi connectivity index (χ0v) is 13.2. The lowest BCUT2D eigenvalue weighted by Crippen LogP contribution is -2.44. The van der Waals surface area contributed by atoms with E-state index in [1.54, 1.807) is 12.1 Å². The Morgan fingerprint density at radius 1 is 1.19 bits per heavy atom. The van der Waals surface area contributed by atoms with Crippen LogP contribution in [0.25, 0.3) is 0 Å². The molecule has 0 bridgehead atoms. The number of nitrogens with one attached hydrogen (secondary N) is 2. The highest BCUT2D eigenvalue weighted by Crippen LogP contribution is 2.36. The van der Waals surface area contributed by atoms with Crippen LogP contribution in [0.4, 0.5) is 0 Å². The van der Waals surface area contributed by atoms with Gasteiger partial charge in [-0.15, -0.1) is 0 Å². The van der Waals surface area contributed by atoms with Gasteiger partial charge < -0.3 is 25.2 Å². The number of carbonyl (C=O) groups excluding carboxylic acids is 1. The minimum Gasteiger partial charge on any atom is -0.502 e. The molecule has 1 aromatic carbocycles. The van der Waals surface area contributed by atoms with E-state index in [4.69, 9.17) is 9.47 Å². The second-order valence-corrected chi connectivity index (χ2v) is 5.75. The molecule has 1 amide bonds. The van der Waals surface area contributed by atoms with Crippen LogP contribution in [0.1, 0.15) is 26.3 Å². The fourth-order valence-electron chi connectivity index (χ4n) is 1.83. The van der Waals surface area contributed by atoms with Crippen LogP contribution in [0.2, 0.25) is 0 Å². The number of amides is 1. The van der Waals surface area contributed by atoms with E-state index < -0.39 is 0 Å². The molecule has 6 heteroatoms. The van der Waals surface area contributed by atoms with E-state index in [-0.39, 0.29) is 23.7 Å². The Morgan fingerprint density at radius 2 is 1.71 bits per heavy atom. The Balaban J connectivity index is 2.62. The van der Waals surface area contributed by atoms with Crippen LogP contribution in [-0.2, 0) is 11.3 Å². The highest BCUT2D eigenvalue weighted by Gasteiger charge is 2.14. The van der Waals surface area contributed by atoms with E-state index in [0.717, 1.165) is 5.56 Å². The maximum Gasteiger partial charge on any atom is 0.234 e. The summed E-state index contributed by atoms with van der Waals surface area (Å²) in [7, 11) is 2.95.